The molecule has 17 heavy (non-hydrogen) atoms. The fraction of sp³-hybridized carbons (Fsp3) is 0.500. The van der Waals surface area contributed by atoms with E-state index < -0.39 is 5.91 Å². The lowest BCUT2D eigenvalue weighted by molar-refractivity contribution is 0.0999. The Morgan fingerprint density at radius 3 is 2.59 bits per heavy atom. The van der Waals surface area contributed by atoms with Crippen LogP contribution < -0.4 is 10.5 Å². The quantitative estimate of drug-likeness (QED) is 0.771. The first kappa shape index (κ1) is 13.6. The molecular formula is C14H21NO2. The molecule has 0 heterocycles. The molecule has 1 rings (SSSR count). The van der Waals surface area contributed by atoms with Crippen LogP contribution in [0.1, 0.15) is 47.7 Å². The minimum absolute atomic E-state index is 0.399. The van der Waals surface area contributed by atoms with Crippen LogP contribution in [-0.4, -0.2) is 12.5 Å². The third-order valence-corrected chi connectivity index (χ3v) is 2.78. The summed E-state index contributed by atoms with van der Waals surface area (Å²) in [6.07, 6.45) is 3.37. The summed E-state index contributed by atoms with van der Waals surface area (Å²) < 4.78 is 5.70. The van der Waals surface area contributed by atoms with Crippen molar-refractivity contribution >= 4 is 5.91 Å². The number of ether oxygens (including phenoxy) is 1. The maximum Gasteiger partial charge on any atom is 0.249 e. The van der Waals surface area contributed by atoms with Gasteiger partial charge in [0.1, 0.15) is 5.75 Å². The minimum atomic E-state index is -0.399. The van der Waals surface area contributed by atoms with Crippen molar-refractivity contribution in [3.05, 3.63) is 28.8 Å². The van der Waals surface area contributed by atoms with E-state index in [4.69, 9.17) is 10.5 Å². The highest BCUT2D eigenvalue weighted by Crippen LogP contribution is 2.24. The topological polar surface area (TPSA) is 52.3 Å². The normalized spacial score (nSPS) is 10.3. The van der Waals surface area contributed by atoms with E-state index in [9.17, 15) is 4.79 Å². The van der Waals surface area contributed by atoms with E-state index in [1.807, 2.05) is 19.9 Å². The first-order valence-corrected chi connectivity index (χ1v) is 6.10. The number of amides is 1. The van der Waals surface area contributed by atoms with Gasteiger partial charge in [-0.1, -0.05) is 19.8 Å². The molecule has 94 valence electrons. The van der Waals surface area contributed by atoms with Gasteiger partial charge in [0.25, 0.3) is 0 Å². The van der Waals surface area contributed by atoms with Gasteiger partial charge in [-0.25, -0.2) is 0 Å². The van der Waals surface area contributed by atoms with Crippen molar-refractivity contribution in [2.75, 3.05) is 6.61 Å². The van der Waals surface area contributed by atoms with E-state index in [2.05, 4.69) is 6.92 Å². The van der Waals surface area contributed by atoms with Gasteiger partial charge < -0.3 is 10.5 Å². The smallest absolute Gasteiger partial charge is 0.249 e. The Balaban J connectivity index is 2.81. The molecule has 0 aliphatic rings. The zero-order valence-electron chi connectivity index (χ0n) is 10.9. The molecule has 1 amide bonds. The molecule has 0 aliphatic carbocycles. The number of hydrogen-bond acceptors (Lipinski definition) is 2. The predicted octanol–water partition coefficient (Wildman–Crippen LogP) is 2.97. The molecule has 0 unspecified atom stereocenters. The highest BCUT2D eigenvalue weighted by atomic mass is 16.5. The average molecular weight is 235 g/mol. The Morgan fingerprint density at radius 2 is 2.00 bits per heavy atom. The fourth-order valence-corrected chi connectivity index (χ4v) is 1.77. The van der Waals surface area contributed by atoms with Crippen LogP contribution in [0.2, 0.25) is 0 Å². The molecule has 1 aromatic rings. The van der Waals surface area contributed by atoms with E-state index in [0.717, 1.165) is 29.7 Å². The molecule has 0 bridgehead atoms. The van der Waals surface area contributed by atoms with Crippen LogP contribution in [0.15, 0.2) is 12.1 Å². The molecule has 0 fully saturated rings. The van der Waals surface area contributed by atoms with Gasteiger partial charge in [0, 0.05) is 11.1 Å². The highest BCUT2D eigenvalue weighted by molar-refractivity contribution is 5.95. The number of nitrogens with two attached hydrogens (primary N) is 1. The van der Waals surface area contributed by atoms with Gasteiger partial charge in [-0.2, -0.15) is 0 Å². The lowest BCUT2D eigenvalue weighted by atomic mass is 10.0. The van der Waals surface area contributed by atoms with Crippen molar-refractivity contribution in [3.63, 3.8) is 0 Å². The number of benzene rings is 1. The van der Waals surface area contributed by atoms with E-state index in [-0.39, 0.29) is 0 Å². The Morgan fingerprint density at radius 1 is 1.29 bits per heavy atom. The number of carbonyl (C=O) groups excluding carboxylic acids is 1. The average Bonchev–Trinajstić information content (AvgIpc) is 2.28. The number of primary amides is 1. The molecule has 1 aromatic carbocycles. The molecular weight excluding hydrogens is 214 g/mol. The lowest BCUT2D eigenvalue weighted by Crippen LogP contribution is -2.14. The number of aryl methyl sites for hydroxylation is 1. The maximum absolute atomic E-state index is 11.3. The van der Waals surface area contributed by atoms with Crippen molar-refractivity contribution in [1.82, 2.24) is 0 Å². The second-order valence-corrected chi connectivity index (χ2v) is 4.36. The second kappa shape index (κ2) is 6.28. The number of carbonyl (C=O) groups is 1. The van der Waals surface area contributed by atoms with Crippen LogP contribution in [0.4, 0.5) is 0 Å². The van der Waals surface area contributed by atoms with Gasteiger partial charge >= 0.3 is 0 Å². The van der Waals surface area contributed by atoms with E-state index in [1.54, 1.807) is 6.07 Å². The SMILES string of the molecule is CCCCCOc1cc(C)cc(C(N)=O)c1C. The molecule has 2 N–H and O–H groups in total. The van der Waals surface area contributed by atoms with Crippen LogP contribution in [0, 0.1) is 13.8 Å². The number of hydrogen-bond donors (Lipinski definition) is 1. The molecule has 3 heteroatoms. The van der Waals surface area contributed by atoms with Crippen molar-refractivity contribution in [2.45, 2.75) is 40.0 Å². The van der Waals surface area contributed by atoms with Gasteiger partial charge in [-0.05, 0) is 38.0 Å². The Bertz CT molecular complexity index is 399. The maximum atomic E-state index is 11.3. The Kier molecular flexibility index (Phi) is 5.01. The van der Waals surface area contributed by atoms with Crippen molar-refractivity contribution in [1.29, 1.82) is 0 Å². The van der Waals surface area contributed by atoms with E-state index in [0.29, 0.717) is 12.2 Å². The summed E-state index contributed by atoms with van der Waals surface area (Å²) >= 11 is 0. The largest absolute Gasteiger partial charge is 0.493 e. The minimum Gasteiger partial charge on any atom is -0.493 e. The van der Waals surface area contributed by atoms with Crippen LogP contribution in [-0.2, 0) is 0 Å². The Hall–Kier alpha value is -1.51. The molecule has 0 spiro atoms. The van der Waals surface area contributed by atoms with Gasteiger partial charge in [0.15, 0.2) is 0 Å². The third-order valence-electron chi connectivity index (χ3n) is 2.78. The lowest BCUT2D eigenvalue weighted by Gasteiger charge is -2.12. The van der Waals surface area contributed by atoms with Crippen LogP contribution in [0.25, 0.3) is 0 Å². The van der Waals surface area contributed by atoms with E-state index in [1.165, 1.54) is 6.42 Å². The summed E-state index contributed by atoms with van der Waals surface area (Å²) in [7, 11) is 0. The molecule has 0 aliphatic heterocycles. The summed E-state index contributed by atoms with van der Waals surface area (Å²) in [4.78, 5) is 11.3. The van der Waals surface area contributed by atoms with Crippen LogP contribution in [0.3, 0.4) is 0 Å². The van der Waals surface area contributed by atoms with Crippen LogP contribution in [0.5, 0.6) is 5.75 Å². The van der Waals surface area contributed by atoms with Gasteiger partial charge in [0.2, 0.25) is 5.91 Å². The van der Waals surface area contributed by atoms with Gasteiger partial charge in [-0.3, -0.25) is 4.79 Å². The highest BCUT2D eigenvalue weighted by Gasteiger charge is 2.10. The first-order valence-electron chi connectivity index (χ1n) is 6.10. The molecule has 0 atom stereocenters. The second-order valence-electron chi connectivity index (χ2n) is 4.36. The standard InChI is InChI=1S/C14H21NO2/c1-4-5-6-7-17-13-9-10(2)8-12(11(13)3)14(15)16/h8-9H,4-7H2,1-3H3,(H2,15,16). The monoisotopic (exact) mass is 235 g/mol. The molecule has 3 nitrogen and oxygen atoms in total. The number of rotatable bonds is 6. The molecule has 0 saturated heterocycles. The summed E-state index contributed by atoms with van der Waals surface area (Å²) in [6, 6.07) is 3.75. The van der Waals surface area contributed by atoms with Crippen molar-refractivity contribution in [2.24, 2.45) is 5.73 Å². The zero-order chi connectivity index (χ0) is 12.8. The third kappa shape index (κ3) is 3.77. The van der Waals surface area contributed by atoms with Crippen LogP contribution >= 0.6 is 0 Å². The summed E-state index contributed by atoms with van der Waals surface area (Å²) in [6.45, 7) is 6.65. The molecule has 0 aromatic heterocycles. The molecule has 0 saturated carbocycles. The Labute approximate surface area is 103 Å². The zero-order valence-corrected chi connectivity index (χ0v) is 10.9. The van der Waals surface area contributed by atoms with Crippen molar-refractivity contribution < 1.29 is 9.53 Å². The summed E-state index contributed by atoms with van der Waals surface area (Å²) in [5, 5.41) is 0. The summed E-state index contributed by atoms with van der Waals surface area (Å²) in [5.41, 5.74) is 7.71. The van der Waals surface area contributed by atoms with Gasteiger partial charge in [0.05, 0.1) is 6.61 Å². The molecule has 0 radical (unpaired) electrons. The fourth-order valence-electron chi connectivity index (χ4n) is 1.77. The van der Waals surface area contributed by atoms with Gasteiger partial charge in [-0.15, -0.1) is 0 Å². The van der Waals surface area contributed by atoms with Crippen molar-refractivity contribution in [3.8, 4) is 5.75 Å². The van der Waals surface area contributed by atoms with E-state index >= 15 is 0 Å². The number of unbranched alkanes of at least 4 members (excludes halogenated alkanes) is 2. The predicted molar refractivity (Wildman–Crippen MR) is 69.5 cm³/mol. The first-order chi connectivity index (χ1) is 8.06. The summed E-state index contributed by atoms with van der Waals surface area (Å²) in [5.74, 6) is 0.375.